The predicted molar refractivity (Wildman–Crippen MR) is 51.0 cm³/mol. The van der Waals surface area contributed by atoms with E-state index in [1.54, 1.807) is 0 Å². The molecule has 2 atom stereocenters. The maximum atomic E-state index is 5.53. The molecule has 0 saturated carbocycles. The normalized spacial score (nSPS) is 35.8. The van der Waals surface area contributed by atoms with Gasteiger partial charge in [0.15, 0.2) is 0 Å². The average molecular weight is 168 g/mol. The Morgan fingerprint density at radius 2 is 2.17 bits per heavy atom. The third-order valence-corrected chi connectivity index (χ3v) is 3.52. The summed E-state index contributed by atoms with van der Waals surface area (Å²) in [5.74, 6) is 0.982. The van der Waals surface area contributed by atoms with Crippen LogP contribution in [0.15, 0.2) is 0 Å². The number of rotatable bonds is 3. The Hall–Kier alpha value is -0.0800. The van der Waals surface area contributed by atoms with Gasteiger partial charge in [0.25, 0.3) is 0 Å². The number of hydrogen-bond acceptors (Lipinski definition) is 2. The van der Waals surface area contributed by atoms with Gasteiger partial charge in [-0.15, -0.1) is 0 Å². The summed E-state index contributed by atoms with van der Waals surface area (Å²) in [6.45, 7) is 3.60. The monoisotopic (exact) mass is 168 g/mol. The molecular formula is C10H20N2. The van der Waals surface area contributed by atoms with E-state index < -0.39 is 0 Å². The minimum atomic E-state index is 0.878. The van der Waals surface area contributed by atoms with Crippen LogP contribution in [-0.2, 0) is 0 Å². The van der Waals surface area contributed by atoms with Gasteiger partial charge in [-0.3, -0.25) is 0 Å². The van der Waals surface area contributed by atoms with Gasteiger partial charge < -0.3 is 10.6 Å². The highest BCUT2D eigenvalue weighted by Crippen LogP contribution is 2.34. The molecule has 0 bridgehead atoms. The van der Waals surface area contributed by atoms with Gasteiger partial charge in [-0.25, -0.2) is 0 Å². The molecule has 2 saturated heterocycles. The smallest absolute Gasteiger partial charge is 0.0124 e. The van der Waals surface area contributed by atoms with Gasteiger partial charge >= 0.3 is 0 Å². The fraction of sp³-hybridized carbons (Fsp3) is 1.00. The Balaban J connectivity index is 1.83. The van der Waals surface area contributed by atoms with Gasteiger partial charge in [0.1, 0.15) is 0 Å². The van der Waals surface area contributed by atoms with E-state index in [4.69, 9.17) is 5.73 Å². The van der Waals surface area contributed by atoms with Crippen LogP contribution in [0.2, 0.25) is 0 Å². The Bertz CT molecular complexity index is 147. The molecule has 0 amide bonds. The van der Waals surface area contributed by atoms with E-state index in [0.717, 1.165) is 18.5 Å². The maximum absolute atomic E-state index is 5.53. The van der Waals surface area contributed by atoms with E-state index in [2.05, 4.69) is 4.90 Å². The molecule has 2 rings (SSSR count). The van der Waals surface area contributed by atoms with Crippen LogP contribution in [0.4, 0.5) is 0 Å². The summed E-state index contributed by atoms with van der Waals surface area (Å²) in [6.07, 6.45) is 6.93. The van der Waals surface area contributed by atoms with Gasteiger partial charge in [-0.2, -0.15) is 0 Å². The minimum Gasteiger partial charge on any atom is -0.330 e. The standard InChI is InChI=1S/C10H20N2/c11-6-1-3-9-5-8-12-7-2-4-10(9)12/h9-10H,1-8,11H2. The van der Waals surface area contributed by atoms with Crippen molar-refractivity contribution in [3.05, 3.63) is 0 Å². The molecule has 2 N–H and O–H groups in total. The highest BCUT2D eigenvalue weighted by molar-refractivity contribution is 4.90. The predicted octanol–water partition coefficient (Wildman–Crippen LogP) is 1.21. The van der Waals surface area contributed by atoms with Crippen LogP contribution in [-0.4, -0.2) is 30.6 Å². The van der Waals surface area contributed by atoms with Crippen LogP contribution >= 0.6 is 0 Å². The number of fused-ring (bicyclic) bond motifs is 1. The molecule has 0 spiro atoms. The zero-order valence-corrected chi connectivity index (χ0v) is 7.84. The molecule has 2 fully saturated rings. The van der Waals surface area contributed by atoms with Crippen LogP contribution in [0.25, 0.3) is 0 Å². The van der Waals surface area contributed by atoms with E-state index in [1.807, 2.05) is 0 Å². The lowest BCUT2D eigenvalue weighted by molar-refractivity contribution is 0.282. The topological polar surface area (TPSA) is 29.3 Å². The zero-order chi connectivity index (χ0) is 8.39. The number of nitrogens with two attached hydrogens (primary N) is 1. The van der Waals surface area contributed by atoms with Crippen molar-refractivity contribution < 1.29 is 0 Å². The van der Waals surface area contributed by atoms with Crippen molar-refractivity contribution in [3.8, 4) is 0 Å². The lowest BCUT2D eigenvalue weighted by Crippen LogP contribution is -2.26. The van der Waals surface area contributed by atoms with Crippen molar-refractivity contribution in [3.63, 3.8) is 0 Å². The molecule has 2 nitrogen and oxygen atoms in total. The van der Waals surface area contributed by atoms with E-state index >= 15 is 0 Å². The van der Waals surface area contributed by atoms with Gasteiger partial charge in [-0.05, 0) is 57.7 Å². The zero-order valence-electron chi connectivity index (χ0n) is 7.84. The van der Waals surface area contributed by atoms with E-state index in [-0.39, 0.29) is 0 Å². The van der Waals surface area contributed by atoms with E-state index in [1.165, 1.54) is 45.2 Å². The Morgan fingerprint density at radius 3 is 3.00 bits per heavy atom. The molecule has 0 aromatic carbocycles. The second-order valence-electron chi connectivity index (χ2n) is 4.23. The minimum absolute atomic E-state index is 0.878. The largest absolute Gasteiger partial charge is 0.330 e. The molecule has 0 aliphatic carbocycles. The van der Waals surface area contributed by atoms with Gasteiger partial charge in [0.05, 0.1) is 0 Å². The lowest BCUT2D eigenvalue weighted by Gasteiger charge is -2.19. The van der Waals surface area contributed by atoms with Gasteiger partial charge in [0, 0.05) is 6.04 Å². The quantitative estimate of drug-likeness (QED) is 0.686. The molecule has 2 aliphatic heterocycles. The molecule has 12 heavy (non-hydrogen) atoms. The second kappa shape index (κ2) is 3.75. The number of hydrogen-bond donors (Lipinski definition) is 1. The highest BCUT2D eigenvalue weighted by Gasteiger charge is 2.36. The van der Waals surface area contributed by atoms with Crippen molar-refractivity contribution >= 4 is 0 Å². The fourth-order valence-corrected chi connectivity index (χ4v) is 2.90. The van der Waals surface area contributed by atoms with Gasteiger partial charge in [-0.1, -0.05) is 0 Å². The van der Waals surface area contributed by atoms with Crippen LogP contribution in [0.3, 0.4) is 0 Å². The summed E-state index contributed by atoms with van der Waals surface area (Å²) in [4.78, 5) is 2.68. The van der Waals surface area contributed by atoms with Crippen molar-refractivity contribution in [1.29, 1.82) is 0 Å². The van der Waals surface area contributed by atoms with E-state index in [0.29, 0.717) is 0 Å². The lowest BCUT2D eigenvalue weighted by atomic mass is 9.93. The summed E-state index contributed by atoms with van der Waals surface area (Å²) >= 11 is 0. The Morgan fingerprint density at radius 1 is 1.25 bits per heavy atom. The number of nitrogens with zero attached hydrogens (tertiary/aromatic N) is 1. The summed E-state index contributed by atoms with van der Waals surface area (Å²) in [7, 11) is 0. The van der Waals surface area contributed by atoms with Crippen molar-refractivity contribution in [1.82, 2.24) is 4.90 Å². The first-order valence-corrected chi connectivity index (χ1v) is 5.36. The maximum Gasteiger partial charge on any atom is 0.0124 e. The van der Waals surface area contributed by atoms with Crippen LogP contribution in [0.1, 0.15) is 32.1 Å². The molecule has 2 heterocycles. The summed E-state index contributed by atoms with van der Waals surface area (Å²) in [5.41, 5.74) is 5.53. The van der Waals surface area contributed by atoms with Crippen molar-refractivity contribution in [2.45, 2.75) is 38.1 Å². The summed E-state index contributed by atoms with van der Waals surface area (Å²) in [5, 5.41) is 0. The van der Waals surface area contributed by atoms with Crippen molar-refractivity contribution in [2.75, 3.05) is 19.6 Å². The highest BCUT2D eigenvalue weighted by atomic mass is 15.2. The SMILES string of the molecule is NCCCC1CCN2CCCC12. The third-order valence-electron chi connectivity index (χ3n) is 3.52. The first kappa shape index (κ1) is 8.52. The fourth-order valence-electron chi connectivity index (χ4n) is 2.90. The summed E-state index contributed by atoms with van der Waals surface area (Å²) < 4.78 is 0. The van der Waals surface area contributed by atoms with Crippen LogP contribution < -0.4 is 5.73 Å². The van der Waals surface area contributed by atoms with E-state index in [9.17, 15) is 0 Å². The molecule has 0 aromatic rings. The van der Waals surface area contributed by atoms with Crippen LogP contribution in [0.5, 0.6) is 0 Å². The first-order chi connectivity index (χ1) is 5.92. The Kier molecular flexibility index (Phi) is 2.66. The molecule has 2 aliphatic rings. The van der Waals surface area contributed by atoms with Crippen molar-refractivity contribution in [2.24, 2.45) is 11.7 Å². The van der Waals surface area contributed by atoms with Crippen LogP contribution in [0, 0.1) is 5.92 Å². The van der Waals surface area contributed by atoms with Gasteiger partial charge in [0.2, 0.25) is 0 Å². The molecule has 0 radical (unpaired) electrons. The average Bonchev–Trinajstić information content (AvgIpc) is 2.62. The summed E-state index contributed by atoms with van der Waals surface area (Å²) in [6, 6.07) is 0.941. The second-order valence-corrected chi connectivity index (χ2v) is 4.23. The Labute approximate surface area is 75.1 Å². The molecule has 2 unspecified atom stereocenters. The molecule has 70 valence electrons. The third kappa shape index (κ3) is 1.50. The molecular weight excluding hydrogens is 148 g/mol. The molecule has 0 aromatic heterocycles. The molecule has 2 heteroatoms. The first-order valence-electron chi connectivity index (χ1n) is 5.36.